The molecule has 2 rings (SSSR count). The van der Waals surface area contributed by atoms with E-state index in [1.807, 2.05) is 11.8 Å². The van der Waals surface area contributed by atoms with Crippen LogP contribution in [0.1, 0.15) is 41.6 Å². The maximum Gasteiger partial charge on any atom is 0.259 e. The monoisotopic (exact) mass is 282 g/mol. The second-order valence-electron chi connectivity index (χ2n) is 5.00. The number of amides is 1. The van der Waals surface area contributed by atoms with E-state index in [4.69, 9.17) is 14.4 Å². The number of aliphatic hydroxyl groups excluding tert-OH is 1. The van der Waals surface area contributed by atoms with E-state index in [-0.39, 0.29) is 18.6 Å². The molecule has 0 aliphatic carbocycles. The summed E-state index contributed by atoms with van der Waals surface area (Å²) in [6.07, 6.45) is 2.43. The number of ether oxygens (including phenoxy) is 1. The van der Waals surface area contributed by atoms with Gasteiger partial charge < -0.3 is 19.3 Å². The molecule has 0 atom stereocenters. The van der Waals surface area contributed by atoms with E-state index in [2.05, 4.69) is 5.16 Å². The SMILES string of the molecule is CCc1noc(C)c1C(=O)N1CCC(OCCO)CC1. The fraction of sp³-hybridized carbons (Fsp3) is 0.714. The van der Waals surface area contributed by atoms with Gasteiger partial charge in [0.25, 0.3) is 5.91 Å². The first-order valence-electron chi connectivity index (χ1n) is 7.14. The van der Waals surface area contributed by atoms with E-state index in [1.54, 1.807) is 6.92 Å². The number of hydrogen-bond donors (Lipinski definition) is 1. The van der Waals surface area contributed by atoms with Crippen LogP contribution in [0.5, 0.6) is 0 Å². The fourth-order valence-electron chi connectivity index (χ4n) is 2.54. The summed E-state index contributed by atoms with van der Waals surface area (Å²) in [7, 11) is 0. The first-order chi connectivity index (χ1) is 9.67. The van der Waals surface area contributed by atoms with E-state index in [9.17, 15) is 4.79 Å². The molecular weight excluding hydrogens is 260 g/mol. The Morgan fingerprint density at radius 1 is 1.50 bits per heavy atom. The first-order valence-corrected chi connectivity index (χ1v) is 7.14. The molecular formula is C14H22N2O4. The highest BCUT2D eigenvalue weighted by atomic mass is 16.5. The van der Waals surface area contributed by atoms with Crippen LogP contribution in [-0.4, -0.2) is 53.5 Å². The summed E-state index contributed by atoms with van der Waals surface area (Å²) in [5, 5.41) is 12.7. The smallest absolute Gasteiger partial charge is 0.259 e. The van der Waals surface area contributed by atoms with Gasteiger partial charge >= 0.3 is 0 Å². The second-order valence-corrected chi connectivity index (χ2v) is 5.00. The Balaban J connectivity index is 1.96. The van der Waals surface area contributed by atoms with E-state index >= 15 is 0 Å². The molecule has 0 aromatic carbocycles. The number of carbonyl (C=O) groups excluding carboxylic acids is 1. The van der Waals surface area contributed by atoms with E-state index in [0.717, 1.165) is 18.5 Å². The number of piperidine rings is 1. The van der Waals surface area contributed by atoms with Gasteiger partial charge in [0.2, 0.25) is 0 Å². The Morgan fingerprint density at radius 3 is 2.80 bits per heavy atom. The van der Waals surface area contributed by atoms with Gasteiger partial charge in [0.05, 0.1) is 25.0 Å². The van der Waals surface area contributed by atoms with Gasteiger partial charge in [-0.3, -0.25) is 4.79 Å². The summed E-state index contributed by atoms with van der Waals surface area (Å²) in [5.74, 6) is 0.590. The van der Waals surface area contributed by atoms with Gasteiger partial charge in [-0.15, -0.1) is 0 Å². The van der Waals surface area contributed by atoms with E-state index in [1.165, 1.54) is 0 Å². The van der Waals surface area contributed by atoms with Crippen LogP contribution in [0.4, 0.5) is 0 Å². The average Bonchev–Trinajstić information content (AvgIpc) is 2.86. The summed E-state index contributed by atoms with van der Waals surface area (Å²) >= 11 is 0. The van der Waals surface area contributed by atoms with Crippen LogP contribution in [0, 0.1) is 6.92 Å². The van der Waals surface area contributed by atoms with Crippen molar-refractivity contribution < 1.29 is 19.2 Å². The number of aryl methyl sites for hydroxylation is 2. The molecule has 0 saturated carbocycles. The van der Waals surface area contributed by atoms with Crippen LogP contribution in [-0.2, 0) is 11.2 Å². The minimum atomic E-state index is 0.00112. The van der Waals surface area contributed by atoms with Crippen molar-refractivity contribution in [3.05, 3.63) is 17.0 Å². The van der Waals surface area contributed by atoms with Crippen LogP contribution in [0.2, 0.25) is 0 Å². The third kappa shape index (κ3) is 3.19. The molecule has 0 bridgehead atoms. The molecule has 1 aliphatic heterocycles. The molecule has 1 aromatic rings. The average molecular weight is 282 g/mol. The highest BCUT2D eigenvalue weighted by molar-refractivity contribution is 5.96. The van der Waals surface area contributed by atoms with Crippen molar-refractivity contribution in [3.8, 4) is 0 Å². The number of aromatic nitrogens is 1. The highest BCUT2D eigenvalue weighted by Gasteiger charge is 2.28. The number of nitrogens with zero attached hydrogens (tertiary/aromatic N) is 2. The number of hydrogen-bond acceptors (Lipinski definition) is 5. The minimum Gasteiger partial charge on any atom is -0.394 e. The topological polar surface area (TPSA) is 75.8 Å². The zero-order valence-corrected chi connectivity index (χ0v) is 12.1. The molecule has 1 aliphatic rings. The van der Waals surface area contributed by atoms with Crippen LogP contribution < -0.4 is 0 Å². The minimum absolute atomic E-state index is 0.00112. The number of likely N-dealkylation sites (tertiary alicyclic amines) is 1. The lowest BCUT2D eigenvalue weighted by molar-refractivity contribution is -0.00558. The number of aliphatic hydroxyl groups is 1. The van der Waals surface area contributed by atoms with Gasteiger partial charge in [-0.05, 0) is 26.2 Å². The largest absolute Gasteiger partial charge is 0.394 e. The van der Waals surface area contributed by atoms with Crippen molar-refractivity contribution in [1.29, 1.82) is 0 Å². The standard InChI is InChI=1S/C14H22N2O4/c1-3-12-13(10(2)20-15-12)14(18)16-6-4-11(5-7-16)19-9-8-17/h11,17H,3-9H2,1-2H3. The van der Waals surface area contributed by atoms with Crippen LogP contribution >= 0.6 is 0 Å². The highest BCUT2D eigenvalue weighted by Crippen LogP contribution is 2.20. The Morgan fingerprint density at radius 2 is 2.20 bits per heavy atom. The van der Waals surface area contributed by atoms with Gasteiger partial charge in [0.1, 0.15) is 11.3 Å². The van der Waals surface area contributed by atoms with Crippen molar-refractivity contribution >= 4 is 5.91 Å². The molecule has 0 unspecified atom stereocenters. The zero-order chi connectivity index (χ0) is 14.5. The zero-order valence-electron chi connectivity index (χ0n) is 12.1. The molecule has 0 spiro atoms. The quantitative estimate of drug-likeness (QED) is 0.877. The predicted octanol–water partition coefficient (Wildman–Crippen LogP) is 1.16. The molecule has 1 N–H and O–H groups in total. The van der Waals surface area contributed by atoms with Crippen molar-refractivity contribution in [2.75, 3.05) is 26.3 Å². The maximum atomic E-state index is 12.5. The molecule has 2 heterocycles. The summed E-state index contributed by atoms with van der Waals surface area (Å²) in [6, 6.07) is 0. The molecule has 1 saturated heterocycles. The van der Waals surface area contributed by atoms with Crippen molar-refractivity contribution in [2.24, 2.45) is 0 Å². The van der Waals surface area contributed by atoms with E-state index in [0.29, 0.717) is 37.4 Å². The van der Waals surface area contributed by atoms with Crippen molar-refractivity contribution in [1.82, 2.24) is 10.1 Å². The van der Waals surface area contributed by atoms with Crippen LogP contribution in [0.15, 0.2) is 4.52 Å². The molecule has 1 amide bonds. The molecule has 1 fully saturated rings. The predicted molar refractivity (Wildman–Crippen MR) is 72.6 cm³/mol. The van der Waals surface area contributed by atoms with Gasteiger partial charge in [0, 0.05) is 13.1 Å². The van der Waals surface area contributed by atoms with Gasteiger partial charge in [-0.25, -0.2) is 0 Å². The first kappa shape index (κ1) is 15.0. The summed E-state index contributed by atoms with van der Waals surface area (Å²) in [5.41, 5.74) is 1.34. The van der Waals surface area contributed by atoms with Gasteiger partial charge in [-0.1, -0.05) is 12.1 Å². The fourth-order valence-corrected chi connectivity index (χ4v) is 2.54. The molecule has 20 heavy (non-hydrogen) atoms. The summed E-state index contributed by atoms with van der Waals surface area (Å²) in [4.78, 5) is 14.4. The Hall–Kier alpha value is -1.40. The molecule has 112 valence electrons. The normalized spacial score (nSPS) is 16.6. The lowest BCUT2D eigenvalue weighted by atomic mass is 10.0. The number of rotatable bonds is 5. The van der Waals surface area contributed by atoms with Crippen molar-refractivity contribution in [3.63, 3.8) is 0 Å². The third-order valence-electron chi connectivity index (χ3n) is 3.66. The molecule has 6 nitrogen and oxygen atoms in total. The molecule has 0 radical (unpaired) electrons. The Labute approximate surface area is 118 Å². The third-order valence-corrected chi connectivity index (χ3v) is 3.66. The van der Waals surface area contributed by atoms with Gasteiger partial charge in [0.15, 0.2) is 0 Å². The molecule has 6 heteroatoms. The Kier molecular flexibility index (Phi) is 5.14. The van der Waals surface area contributed by atoms with Crippen LogP contribution in [0.3, 0.4) is 0 Å². The van der Waals surface area contributed by atoms with Crippen molar-refractivity contribution in [2.45, 2.75) is 39.2 Å². The summed E-state index contributed by atoms with van der Waals surface area (Å²) in [6.45, 7) is 5.48. The molecule has 1 aromatic heterocycles. The van der Waals surface area contributed by atoms with Crippen LogP contribution in [0.25, 0.3) is 0 Å². The van der Waals surface area contributed by atoms with Gasteiger partial charge in [-0.2, -0.15) is 0 Å². The lowest BCUT2D eigenvalue weighted by Gasteiger charge is -2.31. The Bertz CT molecular complexity index is 450. The lowest BCUT2D eigenvalue weighted by Crippen LogP contribution is -2.41. The maximum absolute atomic E-state index is 12.5. The summed E-state index contributed by atoms with van der Waals surface area (Å²) < 4.78 is 10.6. The number of carbonyl (C=O) groups is 1. The van der Waals surface area contributed by atoms with E-state index < -0.39 is 0 Å². The second kappa shape index (κ2) is 6.85.